The van der Waals surface area contributed by atoms with Crippen LogP contribution in [0.15, 0.2) is 30.6 Å². The van der Waals surface area contributed by atoms with Crippen LogP contribution in [0.3, 0.4) is 0 Å². The molecule has 2 aliphatic heterocycles. The van der Waals surface area contributed by atoms with Gasteiger partial charge in [-0.25, -0.2) is 4.98 Å². The second kappa shape index (κ2) is 5.25. The molecule has 1 atom stereocenters. The first-order valence-corrected chi connectivity index (χ1v) is 7.79. The number of nitrogens with one attached hydrogen (secondary N) is 1. The highest BCUT2D eigenvalue weighted by atomic mass is 16.2. The Labute approximate surface area is 130 Å². The van der Waals surface area contributed by atoms with Gasteiger partial charge in [0.15, 0.2) is 0 Å². The molecule has 0 radical (unpaired) electrons. The minimum Gasteiger partial charge on any atom is -0.347 e. The van der Waals surface area contributed by atoms with Gasteiger partial charge in [0.1, 0.15) is 0 Å². The second-order valence-electron chi connectivity index (χ2n) is 6.24. The van der Waals surface area contributed by atoms with E-state index in [2.05, 4.69) is 39.1 Å². The van der Waals surface area contributed by atoms with Crippen LogP contribution in [0.2, 0.25) is 0 Å². The van der Waals surface area contributed by atoms with Crippen molar-refractivity contribution in [1.29, 1.82) is 0 Å². The lowest BCUT2D eigenvalue weighted by atomic mass is 9.93. The fraction of sp³-hybridized carbons (Fsp3) is 0.412. The van der Waals surface area contributed by atoms with Gasteiger partial charge in [0.25, 0.3) is 0 Å². The molecule has 0 bridgehead atoms. The van der Waals surface area contributed by atoms with Gasteiger partial charge in [-0.15, -0.1) is 0 Å². The molecule has 5 heteroatoms. The Morgan fingerprint density at radius 2 is 2.09 bits per heavy atom. The molecule has 0 fully saturated rings. The van der Waals surface area contributed by atoms with Crippen molar-refractivity contribution in [1.82, 2.24) is 19.8 Å². The standard InChI is InChI=1S/C17H20N4O/c1-20-9-13-5-3-2-4-12(13)8-16(20)17(22)21-7-6-14-15(10-21)19-11-18-14/h2-5,11,16H,6-10H2,1H3,(H,18,19)/t16-/m1/s1. The second-order valence-corrected chi connectivity index (χ2v) is 6.24. The van der Waals surface area contributed by atoms with E-state index in [-0.39, 0.29) is 11.9 Å². The number of imidazole rings is 1. The summed E-state index contributed by atoms with van der Waals surface area (Å²) >= 11 is 0. The van der Waals surface area contributed by atoms with Crippen LogP contribution >= 0.6 is 0 Å². The summed E-state index contributed by atoms with van der Waals surface area (Å²) in [4.78, 5) is 24.6. The molecule has 1 amide bonds. The van der Waals surface area contributed by atoms with E-state index in [1.54, 1.807) is 6.33 Å². The molecule has 0 saturated heterocycles. The molecule has 4 rings (SSSR count). The maximum absolute atomic E-state index is 13.0. The Hall–Kier alpha value is -2.14. The molecule has 1 aromatic carbocycles. The average Bonchev–Trinajstić information content (AvgIpc) is 3.01. The summed E-state index contributed by atoms with van der Waals surface area (Å²) in [5, 5.41) is 0. The van der Waals surface area contributed by atoms with Gasteiger partial charge in [0.05, 0.1) is 30.3 Å². The van der Waals surface area contributed by atoms with Gasteiger partial charge in [-0.3, -0.25) is 9.69 Å². The van der Waals surface area contributed by atoms with Gasteiger partial charge in [-0.1, -0.05) is 24.3 Å². The molecule has 22 heavy (non-hydrogen) atoms. The van der Waals surface area contributed by atoms with Crippen LogP contribution in [0.1, 0.15) is 22.5 Å². The number of amides is 1. The van der Waals surface area contributed by atoms with Gasteiger partial charge in [-0.05, 0) is 24.6 Å². The van der Waals surface area contributed by atoms with E-state index >= 15 is 0 Å². The summed E-state index contributed by atoms with van der Waals surface area (Å²) in [5.41, 5.74) is 4.83. The molecule has 3 heterocycles. The van der Waals surface area contributed by atoms with Crippen molar-refractivity contribution < 1.29 is 4.79 Å². The van der Waals surface area contributed by atoms with E-state index in [9.17, 15) is 4.79 Å². The van der Waals surface area contributed by atoms with Crippen LogP contribution in [-0.2, 0) is 30.7 Å². The molecule has 0 aliphatic carbocycles. The normalized spacial score (nSPS) is 21.3. The van der Waals surface area contributed by atoms with Crippen LogP contribution in [0.4, 0.5) is 0 Å². The van der Waals surface area contributed by atoms with Gasteiger partial charge in [-0.2, -0.15) is 0 Å². The number of hydrogen-bond donors (Lipinski definition) is 1. The van der Waals surface area contributed by atoms with Crippen molar-refractivity contribution in [3.63, 3.8) is 0 Å². The van der Waals surface area contributed by atoms with Crippen molar-refractivity contribution in [2.75, 3.05) is 13.6 Å². The third-order valence-corrected chi connectivity index (χ3v) is 4.86. The van der Waals surface area contributed by atoms with E-state index < -0.39 is 0 Å². The smallest absolute Gasteiger partial charge is 0.240 e. The van der Waals surface area contributed by atoms with Crippen LogP contribution in [0, 0.1) is 0 Å². The highest BCUT2D eigenvalue weighted by molar-refractivity contribution is 5.82. The number of aromatic amines is 1. The molecule has 1 N–H and O–H groups in total. The lowest BCUT2D eigenvalue weighted by molar-refractivity contribution is -0.138. The number of carbonyl (C=O) groups is 1. The molecular formula is C17H20N4O. The zero-order valence-corrected chi connectivity index (χ0v) is 12.7. The average molecular weight is 296 g/mol. The van der Waals surface area contributed by atoms with Crippen molar-refractivity contribution in [2.45, 2.75) is 32.0 Å². The van der Waals surface area contributed by atoms with Gasteiger partial charge >= 0.3 is 0 Å². The number of hydrogen-bond acceptors (Lipinski definition) is 3. The number of aromatic nitrogens is 2. The number of rotatable bonds is 1. The fourth-order valence-corrected chi connectivity index (χ4v) is 3.54. The lowest BCUT2D eigenvalue weighted by Crippen LogP contribution is -2.51. The molecule has 114 valence electrons. The highest BCUT2D eigenvalue weighted by Crippen LogP contribution is 2.24. The first kappa shape index (κ1) is 13.5. The molecule has 0 unspecified atom stereocenters. The number of benzene rings is 1. The van der Waals surface area contributed by atoms with Crippen LogP contribution in [-0.4, -0.2) is 45.3 Å². The number of nitrogens with zero attached hydrogens (tertiary/aromatic N) is 3. The van der Waals surface area contributed by atoms with E-state index in [0.717, 1.165) is 37.3 Å². The maximum atomic E-state index is 13.0. The summed E-state index contributed by atoms with van der Waals surface area (Å²) in [5.74, 6) is 0.234. The molecule has 1 aromatic heterocycles. The fourth-order valence-electron chi connectivity index (χ4n) is 3.54. The predicted molar refractivity (Wildman–Crippen MR) is 83.1 cm³/mol. The maximum Gasteiger partial charge on any atom is 0.240 e. The topological polar surface area (TPSA) is 52.2 Å². The van der Waals surface area contributed by atoms with Crippen molar-refractivity contribution in [2.24, 2.45) is 0 Å². The molecular weight excluding hydrogens is 276 g/mol. The Morgan fingerprint density at radius 1 is 1.27 bits per heavy atom. The Balaban J connectivity index is 1.54. The van der Waals surface area contributed by atoms with E-state index in [0.29, 0.717) is 6.54 Å². The lowest BCUT2D eigenvalue weighted by Gasteiger charge is -2.37. The summed E-state index contributed by atoms with van der Waals surface area (Å²) in [6, 6.07) is 8.37. The number of carbonyl (C=O) groups excluding carboxylic acids is 1. The molecule has 0 spiro atoms. The number of fused-ring (bicyclic) bond motifs is 2. The minimum absolute atomic E-state index is 0.0561. The quantitative estimate of drug-likeness (QED) is 0.864. The number of H-pyrrole nitrogens is 1. The van der Waals surface area contributed by atoms with Crippen molar-refractivity contribution in [3.8, 4) is 0 Å². The summed E-state index contributed by atoms with van der Waals surface area (Å²) in [6.45, 7) is 2.26. The monoisotopic (exact) mass is 296 g/mol. The van der Waals surface area contributed by atoms with E-state index in [1.807, 2.05) is 11.9 Å². The van der Waals surface area contributed by atoms with Gasteiger partial charge in [0, 0.05) is 19.5 Å². The summed E-state index contributed by atoms with van der Waals surface area (Å²) in [6.07, 6.45) is 3.37. The van der Waals surface area contributed by atoms with E-state index in [4.69, 9.17) is 0 Å². The summed E-state index contributed by atoms with van der Waals surface area (Å²) < 4.78 is 0. The molecule has 5 nitrogen and oxygen atoms in total. The minimum atomic E-state index is -0.0561. The largest absolute Gasteiger partial charge is 0.347 e. The zero-order valence-electron chi connectivity index (χ0n) is 12.7. The SMILES string of the molecule is CN1Cc2ccccc2C[C@@H]1C(=O)N1CCc2nc[nH]c2C1. The molecule has 0 saturated carbocycles. The van der Waals surface area contributed by atoms with Crippen LogP contribution < -0.4 is 0 Å². The van der Waals surface area contributed by atoms with Gasteiger partial charge < -0.3 is 9.88 Å². The zero-order chi connectivity index (χ0) is 15.1. The Morgan fingerprint density at radius 3 is 2.95 bits per heavy atom. The first-order valence-electron chi connectivity index (χ1n) is 7.79. The van der Waals surface area contributed by atoms with Crippen molar-refractivity contribution in [3.05, 3.63) is 53.1 Å². The van der Waals surface area contributed by atoms with Crippen LogP contribution in [0.25, 0.3) is 0 Å². The van der Waals surface area contributed by atoms with Crippen LogP contribution in [0.5, 0.6) is 0 Å². The van der Waals surface area contributed by atoms with E-state index in [1.165, 1.54) is 11.1 Å². The summed E-state index contributed by atoms with van der Waals surface area (Å²) in [7, 11) is 2.05. The molecule has 2 aromatic rings. The highest BCUT2D eigenvalue weighted by Gasteiger charge is 2.33. The Kier molecular flexibility index (Phi) is 3.22. The predicted octanol–water partition coefficient (Wildman–Crippen LogP) is 1.35. The van der Waals surface area contributed by atoms with Crippen molar-refractivity contribution >= 4 is 5.91 Å². The number of likely N-dealkylation sites (N-methyl/N-ethyl adjacent to an activating group) is 1. The van der Waals surface area contributed by atoms with Gasteiger partial charge in [0.2, 0.25) is 5.91 Å². The third-order valence-electron chi connectivity index (χ3n) is 4.86. The molecule has 2 aliphatic rings. The third kappa shape index (κ3) is 2.22. The first-order chi connectivity index (χ1) is 10.7. The Bertz CT molecular complexity index is 708.